The Hall–Kier alpha value is -2.43. The number of amides is 2. The van der Waals surface area contributed by atoms with E-state index in [1.165, 1.54) is 0 Å². The fourth-order valence-corrected chi connectivity index (χ4v) is 1.60. The number of carbonyl (C=O) groups is 1. The number of rotatable bonds is 3. The first kappa shape index (κ1) is 13.0. The first-order chi connectivity index (χ1) is 9.19. The number of para-hydroxylation sites is 2. The lowest BCUT2D eigenvalue weighted by Gasteiger charge is -2.11. The molecule has 2 aromatic carbocycles. The Morgan fingerprint density at radius 3 is 2.47 bits per heavy atom. The van der Waals surface area contributed by atoms with E-state index in [-0.39, 0.29) is 8.88 Å². The van der Waals surface area contributed by atoms with E-state index >= 15 is 0 Å². The summed E-state index contributed by atoms with van der Waals surface area (Å²) in [5.74, 6) is 0.606. The van der Waals surface area contributed by atoms with E-state index in [4.69, 9.17) is 12.6 Å². The lowest BCUT2D eigenvalue weighted by Crippen LogP contribution is -2.20. The van der Waals surface area contributed by atoms with Gasteiger partial charge < -0.3 is 15.4 Å². The van der Waals surface area contributed by atoms with Crippen molar-refractivity contribution in [3.63, 3.8) is 0 Å². The highest BCUT2D eigenvalue weighted by molar-refractivity contribution is 6.32. The van der Waals surface area contributed by atoms with Crippen LogP contribution in [-0.4, -0.2) is 21.0 Å². The molecule has 0 aliphatic rings. The maximum atomic E-state index is 11.8. The van der Waals surface area contributed by atoms with Gasteiger partial charge in [-0.1, -0.05) is 29.7 Å². The molecule has 2 aromatic rings. The Morgan fingerprint density at radius 2 is 1.79 bits per heavy atom. The Balaban J connectivity index is 0.00000200. The SMILES string of the molecule is [B]c1ccc(NC(=O)Nc2ccccc2OC)cc1.[HH].[HH]. The number of carbonyl (C=O) groups excluding carboxylic acids is 1. The van der Waals surface area contributed by atoms with Gasteiger partial charge in [0.2, 0.25) is 0 Å². The fraction of sp³-hybridized carbons (Fsp3) is 0.0714. The molecule has 0 fully saturated rings. The summed E-state index contributed by atoms with van der Waals surface area (Å²) in [6.07, 6.45) is 0. The van der Waals surface area contributed by atoms with Gasteiger partial charge in [0.25, 0.3) is 0 Å². The van der Waals surface area contributed by atoms with Crippen LogP contribution in [-0.2, 0) is 0 Å². The molecule has 0 spiro atoms. The molecule has 2 amide bonds. The van der Waals surface area contributed by atoms with Crippen LogP contribution in [0.3, 0.4) is 0 Å². The van der Waals surface area contributed by atoms with E-state index < -0.39 is 0 Å². The molecule has 2 rings (SSSR count). The molecular weight excluding hydrogens is 239 g/mol. The number of urea groups is 1. The van der Waals surface area contributed by atoms with Gasteiger partial charge in [-0.2, -0.15) is 0 Å². The highest BCUT2D eigenvalue weighted by Gasteiger charge is 2.06. The van der Waals surface area contributed by atoms with E-state index in [1.807, 2.05) is 12.1 Å². The van der Waals surface area contributed by atoms with Crippen molar-refractivity contribution in [2.75, 3.05) is 17.7 Å². The van der Waals surface area contributed by atoms with Crippen molar-refractivity contribution in [3.05, 3.63) is 48.5 Å². The van der Waals surface area contributed by atoms with Gasteiger partial charge in [0.05, 0.1) is 12.8 Å². The van der Waals surface area contributed by atoms with Crippen molar-refractivity contribution in [2.24, 2.45) is 0 Å². The van der Waals surface area contributed by atoms with E-state index in [9.17, 15) is 4.79 Å². The van der Waals surface area contributed by atoms with Crippen LogP contribution in [0.5, 0.6) is 5.75 Å². The van der Waals surface area contributed by atoms with Crippen LogP contribution < -0.4 is 20.8 Å². The summed E-state index contributed by atoms with van der Waals surface area (Å²) in [6, 6.07) is 13.8. The average molecular weight is 256 g/mol. The molecular formula is C14H17BN2O2. The van der Waals surface area contributed by atoms with Crippen LogP contribution in [0.2, 0.25) is 0 Å². The van der Waals surface area contributed by atoms with Crippen molar-refractivity contribution in [2.45, 2.75) is 0 Å². The molecule has 0 aliphatic carbocycles. The monoisotopic (exact) mass is 256 g/mol. The van der Waals surface area contributed by atoms with Crippen molar-refractivity contribution in [3.8, 4) is 5.75 Å². The summed E-state index contributed by atoms with van der Waals surface area (Å²) in [4.78, 5) is 11.8. The first-order valence-electron chi connectivity index (χ1n) is 5.75. The number of anilines is 2. The molecule has 0 saturated heterocycles. The third-order valence-electron chi connectivity index (χ3n) is 2.52. The van der Waals surface area contributed by atoms with Crippen molar-refractivity contribution < 1.29 is 12.4 Å². The number of nitrogens with one attached hydrogen (secondary N) is 2. The van der Waals surface area contributed by atoms with Crippen LogP contribution in [0.1, 0.15) is 2.85 Å². The lowest BCUT2D eigenvalue weighted by atomic mass is 9.96. The molecule has 0 aromatic heterocycles. The molecule has 98 valence electrons. The number of ether oxygens (including phenoxy) is 1. The summed E-state index contributed by atoms with van der Waals surface area (Å²) < 4.78 is 5.15. The van der Waals surface area contributed by atoms with E-state index in [2.05, 4.69) is 10.6 Å². The minimum atomic E-state index is -0.339. The van der Waals surface area contributed by atoms with Crippen molar-refractivity contribution >= 4 is 30.7 Å². The van der Waals surface area contributed by atoms with Crippen LogP contribution in [0, 0.1) is 0 Å². The molecule has 0 heterocycles. The molecule has 0 bridgehead atoms. The minimum Gasteiger partial charge on any atom is -0.495 e. The second-order valence-electron chi connectivity index (χ2n) is 3.90. The van der Waals surface area contributed by atoms with Crippen molar-refractivity contribution in [1.82, 2.24) is 0 Å². The Labute approximate surface area is 116 Å². The summed E-state index contributed by atoms with van der Waals surface area (Å²) in [5, 5.41) is 5.43. The third-order valence-corrected chi connectivity index (χ3v) is 2.52. The van der Waals surface area contributed by atoms with Crippen LogP contribution >= 0.6 is 0 Å². The van der Waals surface area contributed by atoms with Gasteiger partial charge in [-0.25, -0.2) is 4.79 Å². The zero-order valence-corrected chi connectivity index (χ0v) is 10.5. The third kappa shape index (κ3) is 3.52. The Morgan fingerprint density at radius 1 is 1.11 bits per heavy atom. The van der Waals surface area contributed by atoms with Gasteiger partial charge >= 0.3 is 6.03 Å². The number of methoxy groups -OCH3 is 1. The molecule has 5 heteroatoms. The predicted molar refractivity (Wildman–Crippen MR) is 81.7 cm³/mol. The highest BCUT2D eigenvalue weighted by atomic mass is 16.5. The van der Waals surface area contributed by atoms with Gasteiger partial charge in [0.1, 0.15) is 13.6 Å². The van der Waals surface area contributed by atoms with Crippen molar-refractivity contribution in [1.29, 1.82) is 0 Å². The first-order valence-corrected chi connectivity index (χ1v) is 5.75. The van der Waals surface area contributed by atoms with Gasteiger partial charge in [-0.15, -0.1) is 0 Å². The maximum Gasteiger partial charge on any atom is 0.323 e. The number of benzene rings is 2. The molecule has 0 unspecified atom stereocenters. The van der Waals surface area contributed by atoms with Gasteiger partial charge in [0, 0.05) is 8.54 Å². The van der Waals surface area contributed by atoms with E-state index in [1.54, 1.807) is 43.5 Å². The normalized spacial score (nSPS) is 9.74. The van der Waals surface area contributed by atoms with Gasteiger partial charge in [-0.3, -0.25) is 0 Å². The second-order valence-corrected chi connectivity index (χ2v) is 3.90. The van der Waals surface area contributed by atoms with Crippen LogP contribution in [0.15, 0.2) is 48.5 Å². The maximum absolute atomic E-state index is 11.8. The Bertz CT molecular complexity index is 579. The minimum absolute atomic E-state index is 0. The molecule has 0 aliphatic heterocycles. The van der Waals surface area contributed by atoms with Gasteiger partial charge in [-0.05, 0) is 24.3 Å². The second kappa shape index (κ2) is 5.95. The molecule has 0 atom stereocenters. The lowest BCUT2D eigenvalue weighted by molar-refractivity contribution is 0.262. The topological polar surface area (TPSA) is 50.4 Å². The summed E-state index contributed by atoms with van der Waals surface area (Å²) in [7, 11) is 7.13. The average Bonchev–Trinajstić information content (AvgIpc) is 2.42. The molecule has 2 radical (unpaired) electrons. The highest BCUT2D eigenvalue weighted by Crippen LogP contribution is 2.23. The largest absolute Gasteiger partial charge is 0.495 e. The summed E-state index contributed by atoms with van der Waals surface area (Å²) >= 11 is 0. The van der Waals surface area contributed by atoms with Crippen LogP contribution in [0.25, 0.3) is 0 Å². The quantitative estimate of drug-likeness (QED) is 0.829. The number of hydrogen-bond acceptors (Lipinski definition) is 2. The van der Waals surface area contributed by atoms with Gasteiger partial charge in [0.15, 0.2) is 0 Å². The Kier molecular flexibility index (Phi) is 4.08. The van der Waals surface area contributed by atoms with Crippen LogP contribution in [0.4, 0.5) is 16.2 Å². The zero-order valence-electron chi connectivity index (χ0n) is 10.5. The molecule has 4 nitrogen and oxygen atoms in total. The van der Waals surface area contributed by atoms with E-state index in [0.717, 1.165) is 0 Å². The molecule has 0 saturated carbocycles. The summed E-state index contributed by atoms with van der Waals surface area (Å²) in [5.41, 5.74) is 1.93. The molecule has 19 heavy (non-hydrogen) atoms. The predicted octanol–water partition coefficient (Wildman–Crippen LogP) is 2.63. The zero-order chi connectivity index (χ0) is 13.7. The standard InChI is InChI=1S/C14H13BN2O2.2H2/c1-19-13-5-3-2-4-12(13)17-14(18)16-11-8-6-10(15)7-9-11;;/h2-9H,1H3,(H2,16,17,18);2*1H. The fourth-order valence-electron chi connectivity index (χ4n) is 1.60. The smallest absolute Gasteiger partial charge is 0.323 e. The van der Waals surface area contributed by atoms with E-state index in [0.29, 0.717) is 22.6 Å². The number of hydrogen-bond donors (Lipinski definition) is 2. The summed E-state index contributed by atoms with van der Waals surface area (Å²) in [6.45, 7) is 0. The molecule has 2 N–H and O–H groups in total.